The minimum absolute atomic E-state index is 0.444. The SMILES string of the molecule is CC1OCCC1CNCC1(C(C)C)CCNC1. The van der Waals surface area contributed by atoms with Gasteiger partial charge in [0.05, 0.1) is 6.10 Å². The predicted octanol–water partition coefficient (Wildman–Crippen LogP) is 1.64. The van der Waals surface area contributed by atoms with Crippen LogP contribution in [-0.2, 0) is 4.74 Å². The fourth-order valence-corrected chi connectivity index (χ4v) is 3.16. The number of hydrogen-bond donors (Lipinski definition) is 2. The van der Waals surface area contributed by atoms with Crippen molar-refractivity contribution in [1.29, 1.82) is 0 Å². The van der Waals surface area contributed by atoms with Gasteiger partial charge in [-0.3, -0.25) is 0 Å². The van der Waals surface area contributed by atoms with Crippen molar-refractivity contribution in [3.8, 4) is 0 Å². The van der Waals surface area contributed by atoms with Crippen molar-refractivity contribution in [3.05, 3.63) is 0 Å². The van der Waals surface area contributed by atoms with E-state index in [1.165, 1.54) is 25.9 Å². The minimum Gasteiger partial charge on any atom is -0.378 e. The van der Waals surface area contributed by atoms with E-state index >= 15 is 0 Å². The first kappa shape index (κ1) is 13.3. The van der Waals surface area contributed by atoms with Gasteiger partial charge in [-0.1, -0.05) is 13.8 Å². The highest BCUT2D eigenvalue weighted by atomic mass is 16.5. The van der Waals surface area contributed by atoms with Crippen molar-refractivity contribution < 1.29 is 4.74 Å². The van der Waals surface area contributed by atoms with Crippen molar-refractivity contribution >= 4 is 0 Å². The number of hydrogen-bond acceptors (Lipinski definition) is 3. The Morgan fingerprint density at radius 1 is 1.47 bits per heavy atom. The number of rotatable bonds is 5. The third-order valence-corrected chi connectivity index (χ3v) is 4.92. The van der Waals surface area contributed by atoms with Crippen LogP contribution in [0.25, 0.3) is 0 Å². The van der Waals surface area contributed by atoms with E-state index in [2.05, 4.69) is 31.4 Å². The first-order valence-corrected chi connectivity index (χ1v) is 7.17. The fourth-order valence-electron chi connectivity index (χ4n) is 3.16. The van der Waals surface area contributed by atoms with Gasteiger partial charge in [-0.05, 0) is 43.6 Å². The first-order chi connectivity index (χ1) is 8.14. The molecule has 2 heterocycles. The van der Waals surface area contributed by atoms with Gasteiger partial charge < -0.3 is 15.4 Å². The number of ether oxygens (including phenoxy) is 1. The minimum atomic E-state index is 0.444. The Kier molecular flexibility index (Phi) is 4.45. The van der Waals surface area contributed by atoms with Crippen LogP contribution in [0.3, 0.4) is 0 Å². The van der Waals surface area contributed by atoms with Gasteiger partial charge in [0.25, 0.3) is 0 Å². The molecule has 3 unspecified atom stereocenters. The molecule has 3 heteroatoms. The average Bonchev–Trinajstić information content (AvgIpc) is 2.90. The first-order valence-electron chi connectivity index (χ1n) is 7.17. The average molecular weight is 240 g/mol. The molecular formula is C14H28N2O. The summed E-state index contributed by atoms with van der Waals surface area (Å²) in [5.41, 5.74) is 0.475. The Bertz CT molecular complexity index is 236. The van der Waals surface area contributed by atoms with Crippen LogP contribution < -0.4 is 10.6 Å². The summed E-state index contributed by atoms with van der Waals surface area (Å²) in [6.07, 6.45) is 2.98. The van der Waals surface area contributed by atoms with Crippen LogP contribution in [0.4, 0.5) is 0 Å². The molecule has 0 amide bonds. The van der Waals surface area contributed by atoms with Gasteiger partial charge in [0, 0.05) is 26.2 Å². The Hall–Kier alpha value is -0.120. The molecule has 0 aromatic carbocycles. The molecule has 2 fully saturated rings. The van der Waals surface area contributed by atoms with E-state index in [1.807, 2.05) is 0 Å². The predicted molar refractivity (Wildman–Crippen MR) is 71.1 cm³/mol. The number of nitrogens with one attached hydrogen (secondary N) is 2. The Balaban J connectivity index is 1.76. The van der Waals surface area contributed by atoms with Gasteiger partial charge in [-0.15, -0.1) is 0 Å². The molecule has 2 N–H and O–H groups in total. The lowest BCUT2D eigenvalue weighted by Gasteiger charge is -2.33. The monoisotopic (exact) mass is 240 g/mol. The summed E-state index contributed by atoms with van der Waals surface area (Å²) < 4.78 is 5.61. The van der Waals surface area contributed by atoms with E-state index in [0.717, 1.165) is 25.6 Å². The molecule has 0 radical (unpaired) electrons. The van der Waals surface area contributed by atoms with E-state index in [4.69, 9.17) is 4.74 Å². The van der Waals surface area contributed by atoms with Crippen LogP contribution in [-0.4, -0.2) is 38.9 Å². The van der Waals surface area contributed by atoms with Crippen molar-refractivity contribution in [2.75, 3.05) is 32.8 Å². The molecule has 17 heavy (non-hydrogen) atoms. The maximum absolute atomic E-state index is 5.61. The normalized spacial score (nSPS) is 38.1. The van der Waals surface area contributed by atoms with E-state index in [0.29, 0.717) is 17.4 Å². The van der Waals surface area contributed by atoms with Crippen LogP contribution in [0.1, 0.15) is 33.6 Å². The third kappa shape index (κ3) is 3.01. The molecule has 2 rings (SSSR count). The molecule has 3 nitrogen and oxygen atoms in total. The lowest BCUT2D eigenvalue weighted by Crippen LogP contribution is -2.42. The van der Waals surface area contributed by atoms with Gasteiger partial charge in [0.2, 0.25) is 0 Å². The van der Waals surface area contributed by atoms with E-state index in [1.54, 1.807) is 0 Å². The smallest absolute Gasteiger partial charge is 0.0588 e. The summed E-state index contributed by atoms with van der Waals surface area (Å²) in [6, 6.07) is 0. The van der Waals surface area contributed by atoms with Crippen molar-refractivity contribution in [3.63, 3.8) is 0 Å². The van der Waals surface area contributed by atoms with Crippen LogP contribution in [0, 0.1) is 17.3 Å². The highest BCUT2D eigenvalue weighted by molar-refractivity contribution is 4.92. The summed E-state index contributed by atoms with van der Waals surface area (Å²) in [4.78, 5) is 0. The molecule has 2 saturated heterocycles. The summed E-state index contributed by atoms with van der Waals surface area (Å²) >= 11 is 0. The molecule has 3 atom stereocenters. The van der Waals surface area contributed by atoms with E-state index in [-0.39, 0.29) is 0 Å². The second kappa shape index (κ2) is 5.68. The van der Waals surface area contributed by atoms with Crippen molar-refractivity contribution in [2.45, 2.75) is 39.7 Å². The Labute approximate surface area is 106 Å². The zero-order chi connectivity index (χ0) is 12.3. The summed E-state index contributed by atoms with van der Waals surface area (Å²) in [7, 11) is 0. The van der Waals surface area contributed by atoms with Gasteiger partial charge in [0.15, 0.2) is 0 Å². The quantitative estimate of drug-likeness (QED) is 0.766. The fraction of sp³-hybridized carbons (Fsp3) is 1.00. The summed E-state index contributed by atoms with van der Waals surface area (Å²) in [5.74, 6) is 1.47. The Morgan fingerprint density at radius 2 is 2.29 bits per heavy atom. The second-order valence-corrected chi connectivity index (χ2v) is 6.20. The summed E-state index contributed by atoms with van der Waals surface area (Å²) in [5, 5.41) is 7.22. The molecular weight excluding hydrogens is 212 g/mol. The molecule has 2 aliphatic heterocycles. The van der Waals surface area contributed by atoms with Crippen molar-refractivity contribution in [2.24, 2.45) is 17.3 Å². The third-order valence-electron chi connectivity index (χ3n) is 4.92. The molecule has 0 saturated carbocycles. The molecule has 0 aromatic heterocycles. The van der Waals surface area contributed by atoms with E-state index < -0.39 is 0 Å². The van der Waals surface area contributed by atoms with Gasteiger partial charge >= 0.3 is 0 Å². The lowest BCUT2D eigenvalue weighted by atomic mass is 9.76. The molecule has 0 aromatic rings. The highest BCUT2D eigenvalue weighted by Gasteiger charge is 2.36. The standard InChI is InChI=1S/C14H28N2O/c1-11(2)14(5-6-15-9-14)10-16-8-13-4-7-17-12(13)3/h11-13,15-16H,4-10H2,1-3H3. The van der Waals surface area contributed by atoms with Crippen LogP contribution in [0.2, 0.25) is 0 Å². The second-order valence-electron chi connectivity index (χ2n) is 6.20. The highest BCUT2D eigenvalue weighted by Crippen LogP contribution is 2.33. The zero-order valence-corrected chi connectivity index (χ0v) is 11.6. The van der Waals surface area contributed by atoms with Crippen LogP contribution in [0.15, 0.2) is 0 Å². The van der Waals surface area contributed by atoms with Crippen LogP contribution >= 0.6 is 0 Å². The lowest BCUT2D eigenvalue weighted by molar-refractivity contribution is 0.104. The topological polar surface area (TPSA) is 33.3 Å². The molecule has 0 bridgehead atoms. The molecule has 100 valence electrons. The maximum Gasteiger partial charge on any atom is 0.0588 e. The molecule has 0 aliphatic carbocycles. The van der Waals surface area contributed by atoms with Gasteiger partial charge in [0.1, 0.15) is 0 Å². The van der Waals surface area contributed by atoms with Gasteiger partial charge in [-0.25, -0.2) is 0 Å². The zero-order valence-electron chi connectivity index (χ0n) is 11.6. The molecule has 0 spiro atoms. The van der Waals surface area contributed by atoms with E-state index in [9.17, 15) is 0 Å². The largest absolute Gasteiger partial charge is 0.378 e. The summed E-state index contributed by atoms with van der Waals surface area (Å²) in [6.45, 7) is 12.5. The maximum atomic E-state index is 5.61. The van der Waals surface area contributed by atoms with Crippen molar-refractivity contribution in [1.82, 2.24) is 10.6 Å². The molecule has 2 aliphatic rings. The van der Waals surface area contributed by atoms with Crippen LogP contribution in [0.5, 0.6) is 0 Å². The Morgan fingerprint density at radius 3 is 2.82 bits per heavy atom. The van der Waals surface area contributed by atoms with Gasteiger partial charge in [-0.2, -0.15) is 0 Å².